The maximum absolute atomic E-state index is 13.0. The van der Waals surface area contributed by atoms with E-state index in [0.717, 1.165) is 11.1 Å². The van der Waals surface area contributed by atoms with Crippen molar-refractivity contribution < 1.29 is 4.39 Å². The zero-order chi connectivity index (χ0) is 11.3. The van der Waals surface area contributed by atoms with E-state index in [1.807, 2.05) is 0 Å². The van der Waals surface area contributed by atoms with Gasteiger partial charge in [0, 0.05) is 24.7 Å². The predicted octanol–water partition coefficient (Wildman–Crippen LogP) is 1.51. The molecule has 2 aliphatic heterocycles. The van der Waals surface area contributed by atoms with Crippen LogP contribution < -0.4 is 5.56 Å². The van der Waals surface area contributed by atoms with Crippen LogP contribution in [0, 0.1) is 5.82 Å². The fourth-order valence-corrected chi connectivity index (χ4v) is 1.93. The lowest BCUT2D eigenvalue weighted by Crippen LogP contribution is -2.10. The molecular formula is C11H8FN3O. The molecule has 80 valence electrons. The van der Waals surface area contributed by atoms with Crippen LogP contribution >= 0.6 is 0 Å². The molecule has 0 atom stereocenters. The van der Waals surface area contributed by atoms with Crippen molar-refractivity contribution in [3.63, 3.8) is 0 Å². The Balaban J connectivity index is 2.61. The number of halogens is 1. The van der Waals surface area contributed by atoms with Crippen LogP contribution in [0.4, 0.5) is 4.39 Å². The van der Waals surface area contributed by atoms with Crippen molar-refractivity contribution in [1.29, 1.82) is 0 Å². The Morgan fingerprint density at radius 1 is 1.44 bits per heavy atom. The molecule has 0 bridgehead atoms. The van der Waals surface area contributed by atoms with Crippen molar-refractivity contribution in [2.45, 2.75) is 0 Å². The molecule has 0 saturated heterocycles. The van der Waals surface area contributed by atoms with Crippen LogP contribution in [0.1, 0.15) is 0 Å². The van der Waals surface area contributed by atoms with Gasteiger partial charge < -0.3 is 5.10 Å². The van der Waals surface area contributed by atoms with Crippen molar-refractivity contribution in [3.8, 4) is 11.3 Å². The number of benzene rings is 1. The van der Waals surface area contributed by atoms with Crippen LogP contribution in [0.3, 0.4) is 0 Å². The number of hydrogen-bond donors (Lipinski definition) is 1. The summed E-state index contributed by atoms with van der Waals surface area (Å²) in [4.78, 5) is 15.5. The van der Waals surface area contributed by atoms with Crippen molar-refractivity contribution in [3.05, 3.63) is 40.6 Å². The van der Waals surface area contributed by atoms with E-state index in [-0.39, 0.29) is 5.56 Å². The monoisotopic (exact) mass is 217 g/mol. The van der Waals surface area contributed by atoms with Gasteiger partial charge in [-0.1, -0.05) is 0 Å². The first-order chi connectivity index (χ1) is 7.66. The molecule has 0 fully saturated rings. The van der Waals surface area contributed by atoms with Crippen LogP contribution in [0.5, 0.6) is 0 Å². The largest absolute Gasteiger partial charge is 0.305 e. The maximum atomic E-state index is 13.0. The molecule has 3 rings (SSSR count). The molecule has 0 unspecified atom stereocenters. The van der Waals surface area contributed by atoms with E-state index in [4.69, 9.17) is 0 Å². The third-order valence-electron chi connectivity index (χ3n) is 2.66. The summed E-state index contributed by atoms with van der Waals surface area (Å²) >= 11 is 0. The van der Waals surface area contributed by atoms with Crippen molar-refractivity contribution >= 4 is 10.9 Å². The zero-order valence-electron chi connectivity index (χ0n) is 8.49. The number of pyridine rings is 1. The highest BCUT2D eigenvalue weighted by atomic mass is 19.1. The van der Waals surface area contributed by atoms with E-state index < -0.39 is 5.82 Å². The lowest BCUT2D eigenvalue weighted by molar-refractivity contribution is 0.629. The third kappa shape index (κ3) is 1.08. The number of nitrogens with one attached hydrogen (secondary N) is 1. The SMILES string of the molecule is Cn1[nH]cc2c(=O)nc3cc(F)ccc3c1-2. The van der Waals surface area contributed by atoms with E-state index in [2.05, 4.69) is 10.1 Å². The molecule has 0 aromatic heterocycles. The van der Waals surface area contributed by atoms with Crippen molar-refractivity contribution in [2.75, 3.05) is 0 Å². The normalized spacial score (nSPS) is 11.4. The molecule has 0 spiro atoms. The van der Waals surface area contributed by atoms with Gasteiger partial charge in [-0.2, -0.15) is 0 Å². The summed E-state index contributed by atoms with van der Waals surface area (Å²) in [5.74, 6) is -0.392. The van der Waals surface area contributed by atoms with Crippen LogP contribution in [0.2, 0.25) is 0 Å². The van der Waals surface area contributed by atoms with E-state index in [9.17, 15) is 9.18 Å². The summed E-state index contributed by atoms with van der Waals surface area (Å²) in [5, 5.41) is 3.67. The molecule has 2 aliphatic rings. The first kappa shape index (κ1) is 9.08. The second-order valence-electron chi connectivity index (χ2n) is 3.67. The first-order valence-corrected chi connectivity index (χ1v) is 4.80. The molecule has 4 nitrogen and oxygen atoms in total. The fraction of sp³-hybridized carbons (Fsp3) is 0.0909. The number of aryl methyl sites for hydroxylation is 1. The summed E-state index contributed by atoms with van der Waals surface area (Å²) in [6.07, 6.45) is 1.60. The summed E-state index contributed by atoms with van der Waals surface area (Å²) in [7, 11) is 1.80. The summed E-state index contributed by atoms with van der Waals surface area (Å²) in [5.41, 5.74) is 1.30. The van der Waals surface area contributed by atoms with E-state index >= 15 is 0 Å². The molecule has 1 aromatic rings. The minimum absolute atomic E-state index is 0.343. The van der Waals surface area contributed by atoms with Crippen LogP contribution in [-0.2, 0) is 7.05 Å². The quantitative estimate of drug-likeness (QED) is 0.620. The molecule has 2 heterocycles. The Labute approximate surface area is 89.7 Å². The van der Waals surface area contributed by atoms with Gasteiger partial charge in [-0.15, -0.1) is 0 Å². The van der Waals surface area contributed by atoms with E-state index in [1.165, 1.54) is 12.1 Å². The number of rotatable bonds is 0. The van der Waals surface area contributed by atoms with Gasteiger partial charge in [0.1, 0.15) is 5.82 Å². The van der Waals surface area contributed by atoms with Crippen molar-refractivity contribution in [1.82, 2.24) is 14.8 Å². The molecule has 16 heavy (non-hydrogen) atoms. The number of nitrogens with zero attached hydrogens (tertiary/aromatic N) is 2. The molecule has 1 N–H and O–H groups in total. The zero-order valence-corrected chi connectivity index (χ0v) is 8.49. The molecule has 0 amide bonds. The molecular weight excluding hydrogens is 209 g/mol. The summed E-state index contributed by atoms with van der Waals surface area (Å²) < 4.78 is 14.8. The minimum atomic E-state index is -0.392. The van der Waals surface area contributed by atoms with Crippen molar-refractivity contribution in [2.24, 2.45) is 7.05 Å². The molecule has 5 heteroatoms. The van der Waals surface area contributed by atoms with Gasteiger partial charge in [0.2, 0.25) is 0 Å². The minimum Gasteiger partial charge on any atom is -0.305 e. The lowest BCUT2D eigenvalue weighted by Gasteiger charge is -2.05. The third-order valence-corrected chi connectivity index (χ3v) is 2.66. The van der Waals surface area contributed by atoms with Gasteiger partial charge >= 0.3 is 0 Å². The van der Waals surface area contributed by atoms with Crippen LogP contribution in [0.15, 0.2) is 29.2 Å². The fourth-order valence-electron chi connectivity index (χ4n) is 1.93. The molecule has 1 aromatic carbocycles. The Morgan fingerprint density at radius 3 is 3.06 bits per heavy atom. The maximum Gasteiger partial charge on any atom is 0.281 e. The molecule has 0 radical (unpaired) electrons. The first-order valence-electron chi connectivity index (χ1n) is 4.80. The standard InChI is InChI=1S/C11H8FN3O/c1-15-10-7-3-2-6(12)4-9(7)14-11(16)8(10)5-13-15/h2-5,13H,1H3. The van der Waals surface area contributed by atoms with E-state index in [1.54, 1.807) is 24.0 Å². The second-order valence-corrected chi connectivity index (χ2v) is 3.67. The summed E-state index contributed by atoms with van der Waals surface area (Å²) in [6, 6.07) is 4.26. The van der Waals surface area contributed by atoms with Gasteiger partial charge in [-0.3, -0.25) is 9.48 Å². The molecule has 0 aliphatic carbocycles. The number of hydrogen-bond acceptors (Lipinski definition) is 2. The highest BCUT2D eigenvalue weighted by Crippen LogP contribution is 2.25. The Morgan fingerprint density at radius 2 is 2.25 bits per heavy atom. The Bertz CT molecular complexity index is 713. The second kappa shape index (κ2) is 2.91. The highest BCUT2D eigenvalue weighted by molar-refractivity contribution is 5.93. The Hall–Kier alpha value is -2.17. The topological polar surface area (TPSA) is 50.7 Å². The lowest BCUT2D eigenvalue weighted by atomic mass is 10.1. The number of fused-ring (bicyclic) bond motifs is 3. The van der Waals surface area contributed by atoms with Gasteiger partial charge in [-0.05, 0) is 12.1 Å². The highest BCUT2D eigenvalue weighted by Gasteiger charge is 2.16. The summed E-state index contributed by atoms with van der Waals surface area (Å²) in [6.45, 7) is 0. The molecule has 0 saturated carbocycles. The number of aromatic nitrogens is 3. The average Bonchev–Trinajstić information content (AvgIpc) is 2.61. The van der Waals surface area contributed by atoms with Gasteiger partial charge in [0.25, 0.3) is 5.56 Å². The number of H-pyrrole nitrogens is 1. The van der Waals surface area contributed by atoms with E-state index in [0.29, 0.717) is 11.1 Å². The van der Waals surface area contributed by atoms with Crippen LogP contribution in [-0.4, -0.2) is 14.8 Å². The Kier molecular flexibility index (Phi) is 1.65. The predicted molar refractivity (Wildman–Crippen MR) is 57.9 cm³/mol. The van der Waals surface area contributed by atoms with Gasteiger partial charge in [0.15, 0.2) is 0 Å². The number of aromatic amines is 1. The van der Waals surface area contributed by atoms with Gasteiger partial charge in [0.05, 0.1) is 16.8 Å². The van der Waals surface area contributed by atoms with Gasteiger partial charge in [-0.25, -0.2) is 9.37 Å². The smallest absolute Gasteiger partial charge is 0.281 e. The van der Waals surface area contributed by atoms with Crippen LogP contribution in [0.25, 0.3) is 22.2 Å². The average molecular weight is 217 g/mol.